The number of imidazole rings is 1. The summed E-state index contributed by atoms with van der Waals surface area (Å²) < 4.78 is 3.83. The van der Waals surface area contributed by atoms with E-state index in [0.717, 1.165) is 33.6 Å². The molecule has 5 aromatic rings. The highest BCUT2D eigenvalue weighted by molar-refractivity contribution is 5.86. The van der Waals surface area contributed by atoms with Crippen LogP contribution < -0.4 is 0 Å². The summed E-state index contributed by atoms with van der Waals surface area (Å²) in [6, 6.07) is 10.1. The Balaban J connectivity index is 1.48. The van der Waals surface area contributed by atoms with Crippen LogP contribution in [0.5, 0.6) is 0 Å². The van der Waals surface area contributed by atoms with Crippen LogP contribution in [0, 0.1) is 6.92 Å². The van der Waals surface area contributed by atoms with E-state index in [-0.39, 0.29) is 0 Å². The van der Waals surface area contributed by atoms with Crippen molar-refractivity contribution in [2.45, 2.75) is 13.3 Å². The predicted molar refractivity (Wildman–Crippen MR) is 93.7 cm³/mol. The average Bonchev–Trinajstić information content (AvgIpc) is 3.32. The van der Waals surface area contributed by atoms with Crippen molar-refractivity contribution in [3.8, 4) is 5.69 Å². The van der Waals surface area contributed by atoms with Crippen LogP contribution >= 0.6 is 0 Å². The van der Waals surface area contributed by atoms with Gasteiger partial charge in [-0.05, 0) is 30.7 Å². The summed E-state index contributed by atoms with van der Waals surface area (Å²) in [5, 5.41) is 16.7. The molecule has 0 aliphatic rings. The molecule has 0 unspecified atom stereocenters. The molecule has 5 rings (SSSR count). The first-order valence-corrected chi connectivity index (χ1v) is 8.04. The van der Waals surface area contributed by atoms with E-state index in [1.807, 2.05) is 41.1 Å². The second-order valence-electron chi connectivity index (χ2n) is 6.14. The summed E-state index contributed by atoms with van der Waals surface area (Å²) in [5.41, 5.74) is 5.92. The lowest BCUT2D eigenvalue weighted by Gasteiger charge is -2.00. The Kier molecular flexibility index (Phi) is 2.93. The van der Waals surface area contributed by atoms with Gasteiger partial charge in [-0.3, -0.25) is 5.10 Å². The highest BCUT2D eigenvalue weighted by Gasteiger charge is 2.10. The summed E-state index contributed by atoms with van der Waals surface area (Å²) in [6.45, 7) is 2.07. The highest BCUT2D eigenvalue weighted by atomic mass is 15.4. The van der Waals surface area contributed by atoms with E-state index in [9.17, 15) is 0 Å². The highest BCUT2D eigenvalue weighted by Crippen LogP contribution is 2.20. The first-order chi connectivity index (χ1) is 12.3. The average molecular weight is 329 g/mol. The molecule has 0 bridgehead atoms. The van der Waals surface area contributed by atoms with Crippen LogP contribution in [0.2, 0.25) is 0 Å². The summed E-state index contributed by atoms with van der Waals surface area (Å²) in [4.78, 5) is 4.64. The molecule has 0 fully saturated rings. The van der Waals surface area contributed by atoms with Crippen LogP contribution in [0.1, 0.15) is 17.0 Å². The molecule has 0 saturated carbocycles. The molecule has 7 heteroatoms. The SMILES string of the molecule is Cc1ccc2nc(Cc3cn(-c4cccc5[nH]ncc45)nn3)cn2c1. The third kappa shape index (κ3) is 2.37. The molecule has 1 N–H and O–H groups in total. The zero-order chi connectivity index (χ0) is 16.8. The zero-order valence-corrected chi connectivity index (χ0v) is 13.6. The van der Waals surface area contributed by atoms with Crippen LogP contribution in [-0.4, -0.2) is 34.6 Å². The number of hydrogen-bond acceptors (Lipinski definition) is 4. The van der Waals surface area contributed by atoms with Crippen LogP contribution in [-0.2, 0) is 6.42 Å². The number of aryl methyl sites for hydroxylation is 1. The zero-order valence-electron chi connectivity index (χ0n) is 13.6. The normalized spacial score (nSPS) is 11.6. The van der Waals surface area contributed by atoms with E-state index < -0.39 is 0 Å². The van der Waals surface area contributed by atoms with Gasteiger partial charge in [-0.2, -0.15) is 5.10 Å². The van der Waals surface area contributed by atoms with Gasteiger partial charge in [0.2, 0.25) is 0 Å². The van der Waals surface area contributed by atoms with E-state index >= 15 is 0 Å². The number of rotatable bonds is 3. The largest absolute Gasteiger partial charge is 0.307 e. The first kappa shape index (κ1) is 13.9. The Morgan fingerprint density at radius 3 is 2.96 bits per heavy atom. The van der Waals surface area contributed by atoms with Crippen molar-refractivity contribution in [1.29, 1.82) is 0 Å². The lowest BCUT2D eigenvalue weighted by atomic mass is 10.2. The molecule has 0 spiro atoms. The number of aromatic nitrogens is 7. The summed E-state index contributed by atoms with van der Waals surface area (Å²) in [6.07, 6.45) is 8.50. The van der Waals surface area contributed by atoms with E-state index in [4.69, 9.17) is 0 Å². The molecule has 4 aromatic heterocycles. The van der Waals surface area contributed by atoms with Crippen LogP contribution in [0.3, 0.4) is 0 Å². The van der Waals surface area contributed by atoms with E-state index in [1.165, 1.54) is 5.56 Å². The van der Waals surface area contributed by atoms with Gasteiger partial charge in [-0.15, -0.1) is 5.10 Å². The lowest BCUT2D eigenvalue weighted by molar-refractivity contribution is 0.803. The molecule has 1 aromatic carbocycles. The quantitative estimate of drug-likeness (QED) is 0.552. The number of nitrogens with one attached hydrogen (secondary N) is 1. The van der Waals surface area contributed by atoms with Gasteiger partial charge < -0.3 is 4.40 Å². The molecular weight excluding hydrogens is 314 g/mol. The molecule has 7 nitrogen and oxygen atoms in total. The Morgan fingerprint density at radius 2 is 2.00 bits per heavy atom. The molecule has 0 atom stereocenters. The molecule has 0 saturated heterocycles. The van der Waals surface area contributed by atoms with Crippen molar-refractivity contribution < 1.29 is 0 Å². The first-order valence-electron chi connectivity index (χ1n) is 8.04. The van der Waals surface area contributed by atoms with Crippen molar-refractivity contribution in [3.63, 3.8) is 0 Å². The molecule has 0 amide bonds. The van der Waals surface area contributed by atoms with Gasteiger partial charge in [0.05, 0.1) is 35.0 Å². The van der Waals surface area contributed by atoms with Crippen molar-refractivity contribution in [1.82, 2.24) is 34.6 Å². The van der Waals surface area contributed by atoms with E-state index in [0.29, 0.717) is 6.42 Å². The summed E-state index contributed by atoms with van der Waals surface area (Å²) >= 11 is 0. The predicted octanol–water partition coefficient (Wildman–Crippen LogP) is 2.69. The molecule has 122 valence electrons. The summed E-state index contributed by atoms with van der Waals surface area (Å²) in [7, 11) is 0. The maximum Gasteiger partial charge on any atom is 0.137 e. The fourth-order valence-electron chi connectivity index (χ4n) is 3.08. The van der Waals surface area contributed by atoms with Gasteiger partial charge in [-0.1, -0.05) is 17.3 Å². The molecule has 0 aliphatic heterocycles. The Morgan fingerprint density at radius 1 is 1.04 bits per heavy atom. The minimum atomic E-state index is 0.641. The summed E-state index contributed by atoms with van der Waals surface area (Å²) in [5.74, 6) is 0. The van der Waals surface area contributed by atoms with Crippen molar-refractivity contribution in [2.24, 2.45) is 0 Å². The minimum Gasteiger partial charge on any atom is -0.307 e. The maximum absolute atomic E-state index is 4.64. The standard InChI is InChI=1S/C18H15N7/c1-12-5-6-18-20-13(10-24(18)9-12)7-14-11-25(23-21-14)17-4-2-3-16-15(17)8-19-22-16/h2-6,8-11H,7H2,1H3,(H,19,22). The van der Waals surface area contributed by atoms with Crippen molar-refractivity contribution >= 4 is 16.6 Å². The monoisotopic (exact) mass is 329 g/mol. The Bertz CT molecular complexity index is 1190. The number of H-pyrrole nitrogens is 1. The lowest BCUT2D eigenvalue weighted by Crippen LogP contribution is -1.95. The molecular formula is C18H15N7. The Hall–Kier alpha value is -3.48. The van der Waals surface area contributed by atoms with E-state index in [1.54, 1.807) is 10.9 Å². The number of pyridine rings is 1. The number of fused-ring (bicyclic) bond motifs is 2. The van der Waals surface area contributed by atoms with Gasteiger partial charge in [0.15, 0.2) is 0 Å². The van der Waals surface area contributed by atoms with Gasteiger partial charge in [-0.25, -0.2) is 9.67 Å². The number of nitrogens with zero attached hydrogens (tertiary/aromatic N) is 6. The van der Waals surface area contributed by atoms with Gasteiger partial charge in [0.1, 0.15) is 5.65 Å². The van der Waals surface area contributed by atoms with E-state index in [2.05, 4.69) is 44.7 Å². The second-order valence-corrected chi connectivity index (χ2v) is 6.14. The molecule has 0 radical (unpaired) electrons. The fraction of sp³-hybridized carbons (Fsp3) is 0.111. The van der Waals surface area contributed by atoms with Crippen molar-refractivity contribution in [2.75, 3.05) is 0 Å². The Labute approximate surface area is 142 Å². The molecule has 0 aliphatic carbocycles. The minimum absolute atomic E-state index is 0.641. The van der Waals surface area contributed by atoms with Crippen LogP contribution in [0.25, 0.3) is 22.2 Å². The second kappa shape index (κ2) is 5.27. The number of hydrogen-bond donors (Lipinski definition) is 1. The number of benzene rings is 1. The third-order valence-electron chi connectivity index (χ3n) is 4.26. The fourth-order valence-corrected chi connectivity index (χ4v) is 3.08. The maximum atomic E-state index is 4.64. The molecule has 4 heterocycles. The van der Waals surface area contributed by atoms with Crippen molar-refractivity contribution in [3.05, 3.63) is 72.1 Å². The van der Waals surface area contributed by atoms with Gasteiger partial charge in [0.25, 0.3) is 0 Å². The number of aromatic amines is 1. The van der Waals surface area contributed by atoms with Gasteiger partial charge in [0, 0.05) is 24.2 Å². The topological polar surface area (TPSA) is 76.7 Å². The smallest absolute Gasteiger partial charge is 0.137 e. The van der Waals surface area contributed by atoms with Crippen LogP contribution in [0.4, 0.5) is 0 Å². The van der Waals surface area contributed by atoms with Crippen LogP contribution in [0.15, 0.2) is 55.1 Å². The third-order valence-corrected chi connectivity index (χ3v) is 4.26. The van der Waals surface area contributed by atoms with Gasteiger partial charge >= 0.3 is 0 Å². The molecule has 25 heavy (non-hydrogen) atoms.